The highest BCUT2D eigenvalue weighted by Crippen LogP contribution is 2.77. The molecule has 5 atom stereocenters. The fraction of sp³-hybridized carbons (Fsp3) is 0.206. The third kappa shape index (κ3) is 3.37. The predicted molar refractivity (Wildman–Crippen MR) is 155 cm³/mol. The lowest BCUT2D eigenvalue weighted by Gasteiger charge is -2.46. The van der Waals surface area contributed by atoms with Crippen LogP contribution in [-0.4, -0.2) is 47.6 Å². The summed E-state index contributed by atoms with van der Waals surface area (Å²) in [5.74, 6) is -4.32. The molecule has 1 spiro atoms. The van der Waals surface area contributed by atoms with Crippen LogP contribution in [0.2, 0.25) is 0 Å². The van der Waals surface area contributed by atoms with Crippen LogP contribution in [0.25, 0.3) is 12.2 Å². The van der Waals surface area contributed by atoms with Gasteiger partial charge in [-0.05, 0) is 66.6 Å². The molecule has 0 unspecified atom stereocenters. The summed E-state index contributed by atoms with van der Waals surface area (Å²) in [6.07, 6.45) is 3.38. The summed E-state index contributed by atoms with van der Waals surface area (Å²) < 4.78 is 19.4. The van der Waals surface area contributed by atoms with E-state index in [1.807, 2.05) is 0 Å². The number of Topliss-reactive ketones (excluding diaryl/α,β-unsaturated/α-hetero) is 1. The summed E-state index contributed by atoms with van der Waals surface area (Å²) in [5.41, 5.74) is -0.901. The summed E-state index contributed by atoms with van der Waals surface area (Å²) in [6, 6.07) is 16.0. The second-order valence-electron chi connectivity index (χ2n) is 12.0. The smallest absolute Gasteiger partial charge is 0.272 e. The lowest BCUT2D eigenvalue weighted by atomic mass is 9.58. The van der Waals surface area contributed by atoms with Crippen molar-refractivity contribution in [1.82, 2.24) is 0 Å². The van der Waals surface area contributed by atoms with Crippen LogP contribution in [0.3, 0.4) is 0 Å². The maximum Gasteiger partial charge on any atom is 0.272 e. The highest BCUT2D eigenvalue weighted by atomic mass is 16.8. The molecule has 0 aromatic heterocycles. The van der Waals surface area contributed by atoms with E-state index in [9.17, 15) is 35.4 Å². The van der Waals surface area contributed by atoms with Crippen molar-refractivity contribution in [3.05, 3.63) is 94.5 Å². The normalized spacial score (nSPS) is 29.1. The Balaban J connectivity index is 1.34. The molecule has 0 amide bonds. The van der Waals surface area contributed by atoms with Gasteiger partial charge in [-0.15, -0.1) is 0 Å². The number of carbonyl (C=O) groups is 1. The summed E-state index contributed by atoms with van der Waals surface area (Å²) in [7, 11) is 0. The van der Waals surface area contributed by atoms with E-state index < -0.39 is 28.8 Å². The molecule has 0 radical (unpaired) electrons. The second kappa shape index (κ2) is 8.39. The van der Waals surface area contributed by atoms with Crippen molar-refractivity contribution in [2.45, 2.75) is 42.2 Å². The number of ketones is 1. The largest absolute Gasteiger partial charge is 0.508 e. The van der Waals surface area contributed by atoms with E-state index in [0.29, 0.717) is 22.4 Å². The van der Waals surface area contributed by atoms with Gasteiger partial charge in [-0.2, -0.15) is 0 Å². The highest BCUT2D eigenvalue weighted by molar-refractivity contribution is 5.99. The number of aromatic hydroxyl groups is 6. The average Bonchev–Trinajstić information content (AvgIpc) is 3.63. The van der Waals surface area contributed by atoms with Crippen LogP contribution in [0.15, 0.2) is 66.7 Å². The number of hydrogen-bond donors (Lipinski definition) is 6. The minimum atomic E-state index is -1.70. The Labute approximate surface area is 250 Å². The van der Waals surface area contributed by atoms with Gasteiger partial charge in [0.25, 0.3) is 5.79 Å². The first kappa shape index (κ1) is 26.3. The Morgan fingerprint density at radius 1 is 0.773 bits per heavy atom. The summed E-state index contributed by atoms with van der Waals surface area (Å²) in [5, 5.41) is 62.9. The number of phenols is 6. The molecule has 10 nitrogen and oxygen atoms in total. The summed E-state index contributed by atoms with van der Waals surface area (Å²) >= 11 is 0. The molecule has 222 valence electrons. The zero-order valence-electron chi connectivity index (χ0n) is 23.2. The maximum atomic E-state index is 14.6. The van der Waals surface area contributed by atoms with Gasteiger partial charge in [0.15, 0.2) is 17.0 Å². The molecule has 6 N–H and O–H groups in total. The molecular formula is C34H26O10. The Bertz CT molecular complexity index is 1970. The lowest BCUT2D eigenvalue weighted by molar-refractivity contribution is -0.143. The topological polar surface area (TPSA) is 169 Å². The monoisotopic (exact) mass is 594 g/mol. The molecule has 1 saturated heterocycles. The standard InChI is InChI=1S/C34H26O10/c1-32-15-24(18-10-21(37)12-22(11-18)42-32)33-30(31(32)41)29-27(40)8-16(2-3-17-4-5-19(35)13-25(17)38)9-28(29)43-34(33,44-33)23-7-6-20(36)14-26(23)39/h2-14,24,30,35-40H,15H2,1H3/b3-2+/t24-,30-,32+,33+,34+/m1/s1. The summed E-state index contributed by atoms with van der Waals surface area (Å²) in [4.78, 5) is 14.6. The Kier molecular flexibility index (Phi) is 5.01. The van der Waals surface area contributed by atoms with Crippen LogP contribution in [0.1, 0.15) is 53.0 Å². The van der Waals surface area contributed by atoms with Crippen molar-refractivity contribution < 1.29 is 49.6 Å². The Morgan fingerprint density at radius 3 is 2.27 bits per heavy atom. The third-order valence-electron chi connectivity index (χ3n) is 9.26. The molecule has 2 fully saturated rings. The van der Waals surface area contributed by atoms with E-state index in [4.69, 9.17) is 14.2 Å². The average molecular weight is 595 g/mol. The van der Waals surface area contributed by atoms with E-state index in [0.717, 1.165) is 6.07 Å². The van der Waals surface area contributed by atoms with E-state index in [2.05, 4.69) is 0 Å². The maximum absolute atomic E-state index is 14.6. The quantitative estimate of drug-likeness (QED) is 0.139. The lowest BCUT2D eigenvalue weighted by Crippen LogP contribution is -2.59. The molecule has 10 heteroatoms. The van der Waals surface area contributed by atoms with Crippen LogP contribution in [0.5, 0.6) is 46.0 Å². The van der Waals surface area contributed by atoms with Gasteiger partial charge < -0.3 is 44.8 Å². The van der Waals surface area contributed by atoms with E-state index in [1.54, 1.807) is 37.3 Å². The first-order valence-corrected chi connectivity index (χ1v) is 14.0. The number of carbonyl (C=O) groups excluding carboxylic acids is 1. The van der Waals surface area contributed by atoms with Crippen molar-refractivity contribution >= 4 is 17.9 Å². The van der Waals surface area contributed by atoms with Crippen molar-refractivity contribution in [3.63, 3.8) is 0 Å². The van der Waals surface area contributed by atoms with Crippen LogP contribution < -0.4 is 9.47 Å². The fourth-order valence-electron chi connectivity index (χ4n) is 7.37. The number of hydrogen-bond acceptors (Lipinski definition) is 10. The molecule has 1 saturated carbocycles. The van der Waals surface area contributed by atoms with Gasteiger partial charge in [-0.1, -0.05) is 12.2 Å². The van der Waals surface area contributed by atoms with Gasteiger partial charge in [-0.25, -0.2) is 0 Å². The zero-order chi connectivity index (χ0) is 30.8. The fourth-order valence-corrected chi connectivity index (χ4v) is 7.37. The van der Waals surface area contributed by atoms with Crippen molar-refractivity contribution in [3.8, 4) is 46.0 Å². The molecule has 4 aromatic carbocycles. The van der Waals surface area contributed by atoms with E-state index >= 15 is 0 Å². The number of ether oxygens (including phenoxy) is 3. The van der Waals surface area contributed by atoms with E-state index in [-0.39, 0.29) is 63.6 Å². The predicted octanol–water partition coefficient (Wildman–Crippen LogP) is 5.10. The zero-order valence-corrected chi connectivity index (χ0v) is 23.2. The highest BCUT2D eigenvalue weighted by Gasteiger charge is 2.87. The Hall–Kier alpha value is -5.35. The molecule has 4 aliphatic rings. The number of rotatable bonds is 3. The molecule has 1 aliphatic carbocycles. The molecule has 44 heavy (non-hydrogen) atoms. The van der Waals surface area contributed by atoms with Gasteiger partial charge in [0.05, 0.1) is 11.5 Å². The molecule has 4 aromatic rings. The van der Waals surface area contributed by atoms with Gasteiger partial charge >= 0.3 is 0 Å². The molecule has 3 heterocycles. The number of fused-ring (bicyclic) bond motifs is 7. The van der Waals surface area contributed by atoms with Gasteiger partial charge in [0.2, 0.25) is 0 Å². The minimum Gasteiger partial charge on any atom is -0.508 e. The van der Waals surface area contributed by atoms with E-state index in [1.165, 1.54) is 42.5 Å². The van der Waals surface area contributed by atoms with Crippen LogP contribution in [-0.2, 0) is 15.3 Å². The van der Waals surface area contributed by atoms with Gasteiger partial charge in [0, 0.05) is 41.7 Å². The van der Waals surface area contributed by atoms with Crippen LogP contribution in [0.4, 0.5) is 0 Å². The van der Waals surface area contributed by atoms with Gasteiger partial charge in [-0.3, -0.25) is 4.79 Å². The first-order chi connectivity index (χ1) is 20.9. The van der Waals surface area contributed by atoms with Crippen molar-refractivity contribution in [1.29, 1.82) is 0 Å². The number of benzene rings is 4. The number of epoxide rings is 1. The molecule has 4 bridgehead atoms. The van der Waals surface area contributed by atoms with Gasteiger partial charge in [0.1, 0.15) is 46.0 Å². The SMILES string of the molecule is C[C@@]12C[C@H](c3cc(O)cc(c3)O1)[C@@]13O[C@]1(c1ccc(O)cc1O)Oc1cc(/C=C/c4ccc(O)cc4O)cc(O)c1[C@@H]3C2=O. The van der Waals surface area contributed by atoms with Crippen molar-refractivity contribution in [2.24, 2.45) is 0 Å². The molecular weight excluding hydrogens is 568 g/mol. The van der Waals surface area contributed by atoms with Crippen LogP contribution >= 0.6 is 0 Å². The van der Waals surface area contributed by atoms with Crippen LogP contribution in [0, 0.1) is 0 Å². The minimum absolute atomic E-state index is 0.0520. The third-order valence-corrected chi connectivity index (χ3v) is 9.26. The molecule has 8 rings (SSSR count). The number of phenolic OH excluding ortho intramolecular Hbond substituents is 6. The van der Waals surface area contributed by atoms with Crippen molar-refractivity contribution in [2.75, 3.05) is 0 Å². The molecule has 3 aliphatic heterocycles. The Morgan fingerprint density at radius 2 is 1.52 bits per heavy atom. The summed E-state index contributed by atoms with van der Waals surface area (Å²) in [6.45, 7) is 1.68. The first-order valence-electron chi connectivity index (χ1n) is 14.0. The second-order valence-corrected chi connectivity index (χ2v) is 12.0.